The number of aliphatic hydroxyl groups excluding tert-OH is 1. The second kappa shape index (κ2) is 6.17. The third kappa shape index (κ3) is 3.31. The molecule has 0 bridgehead atoms. The molecule has 0 saturated carbocycles. The molecule has 0 saturated heterocycles. The summed E-state index contributed by atoms with van der Waals surface area (Å²) in [5.74, 6) is 0.590. The van der Waals surface area contributed by atoms with Crippen LogP contribution in [0.25, 0.3) is 0 Å². The van der Waals surface area contributed by atoms with Gasteiger partial charge in [0.15, 0.2) is 0 Å². The largest absolute Gasteiger partial charge is 0.388 e. The summed E-state index contributed by atoms with van der Waals surface area (Å²) < 4.78 is 0. The van der Waals surface area contributed by atoms with Crippen molar-refractivity contribution >= 4 is 5.82 Å². The summed E-state index contributed by atoms with van der Waals surface area (Å²) in [4.78, 5) is 4.05. The quantitative estimate of drug-likeness (QED) is 0.847. The van der Waals surface area contributed by atoms with Crippen molar-refractivity contribution in [3.8, 4) is 0 Å². The Balaban J connectivity index is 1.84. The van der Waals surface area contributed by atoms with Crippen LogP contribution in [0.15, 0.2) is 48.7 Å². The Morgan fingerprint density at radius 1 is 1.11 bits per heavy atom. The van der Waals surface area contributed by atoms with Crippen molar-refractivity contribution in [2.24, 2.45) is 0 Å². The molecule has 94 valence electrons. The van der Waals surface area contributed by atoms with E-state index in [2.05, 4.69) is 4.98 Å². The smallest absolute Gasteiger partial charge is 0.126 e. The van der Waals surface area contributed by atoms with Gasteiger partial charge in [-0.25, -0.2) is 4.98 Å². The summed E-state index contributed by atoms with van der Waals surface area (Å²) in [5, 5.41) is 10.0. The SMILES string of the molecule is Nc1ncccc1CCCC(O)c1ccccc1. The van der Waals surface area contributed by atoms with E-state index in [-0.39, 0.29) is 0 Å². The minimum absolute atomic E-state index is 0.399. The van der Waals surface area contributed by atoms with E-state index in [1.54, 1.807) is 6.20 Å². The molecule has 0 radical (unpaired) electrons. The van der Waals surface area contributed by atoms with Crippen LogP contribution in [0.3, 0.4) is 0 Å². The molecular weight excluding hydrogens is 224 g/mol. The van der Waals surface area contributed by atoms with E-state index in [1.165, 1.54) is 0 Å². The Hall–Kier alpha value is -1.87. The molecule has 0 fully saturated rings. The van der Waals surface area contributed by atoms with Crippen molar-refractivity contribution < 1.29 is 5.11 Å². The Kier molecular flexibility index (Phi) is 4.31. The second-order valence-electron chi connectivity index (χ2n) is 4.37. The zero-order chi connectivity index (χ0) is 12.8. The number of hydrogen-bond acceptors (Lipinski definition) is 3. The van der Waals surface area contributed by atoms with E-state index >= 15 is 0 Å². The Labute approximate surface area is 107 Å². The fourth-order valence-corrected chi connectivity index (χ4v) is 1.99. The molecule has 0 amide bonds. The van der Waals surface area contributed by atoms with Crippen LogP contribution in [-0.2, 0) is 6.42 Å². The van der Waals surface area contributed by atoms with E-state index in [0.29, 0.717) is 5.82 Å². The number of aliphatic hydroxyl groups is 1. The lowest BCUT2D eigenvalue weighted by Crippen LogP contribution is -2.00. The lowest BCUT2D eigenvalue weighted by atomic mass is 10.0. The zero-order valence-corrected chi connectivity index (χ0v) is 10.3. The normalized spacial score (nSPS) is 12.3. The number of aryl methyl sites for hydroxylation is 1. The molecule has 1 unspecified atom stereocenters. The number of nitrogens with two attached hydrogens (primary N) is 1. The third-order valence-corrected chi connectivity index (χ3v) is 3.03. The fraction of sp³-hybridized carbons (Fsp3) is 0.267. The average Bonchev–Trinajstić information content (AvgIpc) is 2.42. The Bertz CT molecular complexity index is 485. The maximum atomic E-state index is 10.0. The minimum Gasteiger partial charge on any atom is -0.388 e. The van der Waals surface area contributed by atoms with Gasteiger partial charge in [0.05, 0.1) is 6.10 Å². The van der Waals surface area contributed by atoms with E-state index in [9.17, 15) is 5.11 Å². The van der Waals surface area contributed by atoms with Crippen molar-refractivity contribution in [3.05, 3.63) is 59.8 Å². The van der Waals surface area contributed by atoms with Crippen LogP contribution < -0.4 is 5.73 Å². The van der Waals surface area contributed by atoms with Gasteiger partial charge >= 0.3 is 0 Å². The molecule has 2 rings (SSSR count). The highest BCUT2D eigenvalue weighted by Crippen LogP contribution is 2.20. The highest BCUT2D eigenvalue weighted by molar-refractivity contribution is 5.38. The van der Waals surface area contributed by atoms with Crippen LogP contribution in [0.4, 0.5) is 5.82 Å². The van der Waals surface area contributed by atoms with Crippen molar-refractivity contribution in [2.75, 3.05) is 5.73 Å². The molecule has 18 heavy (non-hydrogen) atoms. The van der Waals surface area contributed by atoms with Crippen LogP contribution >= 0.6 is 0 Å². The Morgan fingerprint density at radius 3 is 2.61 bits per heavy atom. The average molecular weight is 242 g/mol. The van der Waals surface area contributed by atoms with Gasteiger partial charge in [0.25, 0.3) is 0 Å². The van der Waals surface area contributed by atoms with Crippen LogP contribution in [0.2, 0.25) is 0 Å². The maximum absolute atomic E-state index is 10.0. The predicted molar refractivity (Wildman–Crippen MR) is 73.0 cm³/mol. The number of nitrogens with zero attached hydrogens (tertiary/aromatic N) is 1. The molecule has 0 aliphatic heterocycles. The molecule has 1 aromatic heterocycles. The summed E-state index contributed by atoms with van der Waals surface area (Å²) in [6.07, 6.45) is 3.77. The number of hydrogen-bond donors (Lipinski definition) is 2. The first kappa shape index (κ1) is 12.6. The van der Waals surface area contributed by atoms with E-state index in [4.69, 9.17) is 5.73 Å². The van der Waals surface area contributed by atoms with Crippen LogP contribution in [0.1, 0.15) is 30.1 Å². The number of pyridine rings is 1. The fourth-order valence-electron chi connectivity index (χ4n) is 1.99. The number of aromatic nitrogens is 1. The van der Waals surface area contributed by atoms with Gasteiger partial charge in [-0.05, 0) is 36.5 Å². The summed E-state index contributed by atoms with van der Waals surface area (Å²) in [7, 11) is 0. The van der Waals surface area contributed by atoms with Gasteiger partial charge in [0.2, 0.25) is 0 Å². The molecule has 0 aliphatic rings. The molecule has 3 N–H and O–H groups in total. The number of anilines is 1. The standard InChI is InChI=1S/C15H18N2O/c16-15-13(9-5-11-17-15)8-4-10-14(18)12-6-2-1-3-7-12/h1-3,5-7,9,11,14,18H,4,8,10H2,(H2,16,17). The maximum Gasteiger partial charge on any atom is 0.126 e. The van der Waals surface area contributed by atoms with Gasteiger partial charge in [0, 0.05) is 6.20 Å². The van der Waals surface area contributed by atoms with Crippen molar-refractivity contribution in [1.82, 2.24) is 4.98 Å². The van der Waals surface area contributed by atoms with Crippen LogP contribution in [0.5, 0.6) is 0 Å². The van der Waals surface area contributed by atoms with E-state index in [1.807, 2.05) is 42.5 Å². The Morgan fingerprint density at radius 2 is 1.89 bits per heavy atom. The van der Waals surface area contributed by atoms with Gasteiger partial charge in [-0.3, -0.25) is 0 Å². The van der Waals surface area contributed by atoms with Crippen molar-refractivity contribution in [3.63, 3.8) is 0 Å². The van der Waals surface area contributed by atoms with E-state index in [0.717, 1.165) is 30.4 Å². The molecule has 3 nitrogen and oxygen atoms in total. The molecule has 0 spiro atoms. The first-order valence-electron chi connectivity index (χ1n) is 6.20. The predicted octanol–water partition coefficient (Wildman–Crippen LogP) is 2.72. The molecular formula is C15H18N2O. The first-order chi connectivity index (χ1) is 8.77. The van der Waals surface area contributed by atoms with Gasteiger partial charge in [-0.15, -0.1) is 0 Å². The third-order valence-electron chi connectivity index (χ3n) is 3.03. The molecule has 3 heteroatoms. The lowest BCUT2D eigenvalue weighted by Gasteiger charge is -2.11. The van der Waals surface area contributed by atoms with E-state index < -0.39 is 6.10 Å². The van der Waals surface area contributed by atoms with Gasteiger partial charge in [-0.1, -0.05) is 36.4 Å². The number of nitrogen functional groups attached to an aromatic ring is 1. The number of benzene rings is 1. The van der Waals surface area contributed by atoms with Gasteiger partial charge < -0.3 is 10.8 Å². The van der Waals surface area contributed by atoms with Crippen molar-refractivity contribution in [2.45, 2.75) is 25.4 Å². The van der Waals surface area contributed by atoms with Gasteiger partial charge in [0.1, 0.15) is 5.82 Å². The van der Waals surface area contributed by atoms with Crippen LogP contribution in [-0.4, -0.2) is 10.1 Å². The summed E-state index contributed by atoms with van der Waals surface area (Å²) in [6, 6.07) is 13.6. The second-order valence-corrected chi connectivity index (χ2v) is 4.37. The van der Waals surface area contributed by atoms with Gasteiger partial charge in [-0.2, -0.15) is 0 Å². The van der Waals surface area contributed by atoms with Crippen LogP contribution in [0, 0.1) is 0 Å². The summed E-state index contributed by atoms with van der Waals surface area (Å²) in [6.45, 7) is 0. The topological polar surface area (TPSA) is 59.1 Å². The monoisotopic (exact) mass is 242 g/mol. The first-order valence-corrected chi connectivity index (χ1v) is 6.20. The summed E-state index contributed by atoms with van der Waals surface area (Å²) >= 11 is 0. The van der Waals surface area contributed by atoms with Crippen molar-refractivity contribution in [1.29, 1.82) is 0 Å². The lowest BCUT2D eigenvalue weighted by molar-refractivity contribution is 0.164. The highest BCUT2D eigenvalue weighted by Gasteiger charge is 2.07. The molecule has 2 aromatic rings. The molecule has 1 aromatic carbocycles. The molecule has 1 heterocycles. The zero-order valence-electron chi connectivity index (χ0n) is 10.3. The highest BCUT2D eigenvalue weighted by atomic mass is 16.3. The number of rotatable bonds is 5. The summed E-state index contributed by atoms with van der Waals surface area (Å²) in [5.41, 5.74) is 7.80. The molecule has 1 atom stereocenters. The minimum atomic E-state index is -0.399. The molecule has 0 aliphatic carbocycles.